The lowest BCUT2D eigenvalue weighted by atomic mass is 10.0. The lowest BCUT2D eigenvalue weighted by molar-refractivity contribution is -0.161. The second-order valence-electron chi connectivity index (χ2n) is 16.9. The molecule has 0 fully saturated rings. The first-order valence-corrected chi connectivity index (χ1v) is 25.5. The van der Waals surface area contributed by atoms with Crippen molar-refractivity contribution >= 4 is 11.9 Å². The van der Waals surface area contributed by atoms with Crippen LogP contribution >= 0.6 is 0 Å². The topological polar surface area (TPSA) is 72.8 Å². The predicted molar refractivity (Wildman–Crippen MR) is 260 cm³/mol. The molecule has 5 heteroatoms. The van der Waals surface area contributed by atoms with E-state index in [-0.39, 0.29) is 25.2 Å². The average Bonchev–Trinajstić information content (AvgIpc) is 3.25. The SMILES string of the molecule is CC/C=C\C/C=C\C/C=C\C/C=C\CCCCCCCCCCCCCCC(=O)OC(CO)COC(=O)CCCCCCCCCCC/C=C\C/C=C\CCCCCCC. The standard InChI is InChI=1S/C55H96O5/c1-3-5-7-9-11-13-15-17-19-21-23-25-26-27-28-30-32-34-36-38-40-42-44-46-48-50-55(58)60-53(51-56)52-59-54(57)49-47-45-43-41-39-37-35-33-31-29-24-22-20-18-16-14-12-10-8-6-4-2/h5,7,11,13,16-19,22-25,53,56H,3-4,6,8-10,12,14-15,20-21,26-52H2,1-2H3/b7-5-,13-11-,18-16-,19-17-,24-22-,25-23-. The van der Waals surface area contributed by atoms with E-state index in [4.69, 9.17) is 9.47 Å². The summed E-state index contributed by atoms with van der Waals surface area (Å²) < 4.78 is 10.7. The molecule has 0 aliphatic carbocycles. The molecule has 0 aromatic heterocycles. The molecule has 0 heterocycles. The molecular weight excluding hydrogens is 741 g/mol. The van der Waals surface area contributed by atoms with Gasteiger partial charge in [0.15, 0.2) is 6.10 Å². The summed E-state index contributed by atoms with van der Waals surface area (Å²) >= 11 is 0. The summed E-state index contributed by atoms with van der Waals surface area (Å²) in [4.78, 5) is 24.5. The Morgan fingerprint density at radius 3 is 1.08 bits per heavy atom. The number of hydrogen-bond acceptors (Lipinski definition) is 5. The van der Waals surface area contributed by atoms with Crippen molar-refractivity contribution in [2.24, 2.45) is 0 Å². The highest BCUT2D eigenvalue weighted by atomic mass is 16.6. The Morgan fingerprint density at radius 2 is 0.717 bits per heavy atom. The van der Waals surface area contributed by atoms with Gasteiger partial charge < -0.3 is 14.6 Å². The molecule has 0 saturated heterocycles. The predicted octanol–water partition coefficient (Wildman–Crippen LogP) is 16.9. The molecule has 346 valence electrons. The molecular formula is C55H96O5. The number of esters is 2. The summed E-state index contributed by atoms with van der Waals surface area (Å²) in [5, 5.41) is 9.63. The first-order valence-electron chi connectivity index (χ1n) is 25.5. The van der Waals surface area contributed by atoms with Gasteiger partial charge in [0.25, 0.3) is 0 Å². The number of ether oxygens (including phenoxy) is 2. The van der Waals surface area contributed by atoms with Gasteiger partial charge in [-0.3, -0.25) is 9.59 Å². The second-order valence-corrected chi connectivity index (χ2v) is 16.9. The zero-order valence-corrected chi connectivity index (χ0v) is 39.5. The fraction of sp³-hybridized carbons (Fsp3) is 0.745. The van der Waals surface area contributed by atoms with Crippen LogP contribution in [0.1, 0.15) is 245 Å². The van der Waals surface area contributed by atoms with E-state index >= 15 is 0 Å². The van der Waals surface area contributed by atoms with Gasteiger partial charge in [-0.25, -0.2) is 0 Å². The second kappa shape index (κ2) is 50.7. The molecule has 1 N–H and O–H groups in total. The Labute approximate surface area is 372 Å². The Hall–Kier alpha value is -2.66. The van der Waals surface area contributed by atoms with Gasteiger partial charge in [0.1, 0.15) is 6.61 Å². The summed E-state index contributed by atoms with van der Waals surface area (Å²) in [5.74, 6) is -0.594. The smallest absolute Gasteiger partial charge is 0.306 e. The number of hydrogen-bond donors (Lipinski definition) is 1. The van der Waals surface area contributed by atoms with Crippen molar-refractivity contribution in [3.05, 3.63) is 72.9 Å². The van der Waals surface area contributed by atoms with Gasteiger partial charge in [-0.15, -0.1) is 0 Å². The molecule has 0 saturated carbocycles. The molecule has 0 spiro atoms. The first kappa shape index (κ1) is 57.3. The van der Waals surface area contributed by atoms with Crippen LogP contribution in [0.5, 0.6) is 0 Å². The maximum absolute atomic E-state index is 12.3. The molecule has 0 aliphatic heterocycles. The highest BCUT2D eigenvalue weighted by Crippen LogP contribution is 2.15. The highest BCUT2D eigenvalue weighted by Gasteiger charge is 2.16. The van der Waals surface area contributed by atoms with Crippen molar-refractivity contribution in [2.75, 3.05) is 13.2 Å². The summed E-state index contributed by atoms with van der Waals surface area (Å²) in [7, 11) is 0. The van der Waals surface area contributed by atoms with Crippen molar-refractivity contribution in [1.82, 2.24) is 0 Å². The number of rotatable bonds is 46. The largest absolute Gasteiger partial charge is 0.462 e. The average molecular weight is 837 g/mol. The zero-order valence-electron chi connectivity index (χ0n) is 39.5. The first-order chi connectivity index (χ1) is 29.6. The Morgan fingerprint density at radius 1 is 0.400 bits per heavy atom. The Kier molecular flexibility index (Phi) is 48.4. The van der Waals surface area contributed by atoms with E-state index in [9.17, 15) is 14.7 Å². The van der Waals surface area contributed by atoms with Crippen LogP contribution in [-0.2, 0) is 19.1 Å². The molecule has 5 nitrogen and oxygen atoms in total. The Balaban J connectivity index is 3.52. The fourth-order valence-electron chi connectivity index (χ4n) is 7.17. The number of unbranched alkanes of at least 4 members (excludes halogenated alkanes) is 26. The van der Waals surface area contributed by atoms with Crippen LogP contribution in [0.25, 0.3) is 0 Å². The molecule has 0 aromatic rings. The summed E-state index contributed by atoms with van der Waals surface area (Å²) in [6.07, 6.45) is 68.5. The third-order valence-electron chi connectivity index (χ3n) is 11.0. The quantitative estimate of drug-likeness (QED) is 0.0376. The lowest BCUT2D eigenvalue weighted by Gasteiger charge is -2.15. The van der Waals surface area contributed by atoms with E-state index in [1.54, 1.807) is 0 Å². The van der Waals surface area contributed by atoms with Gasteiger partial charge in [-0.1, -0.05) is 222 Å². The van der Waals surface area contributed by atoms with Crippen molar-refractivity contribution in [1.29, 1.82) is 0 Å². The maximum atomic E-state index is 12.3. The van der Waals surface area contributed by atoms with Crippen molar-refractivity contribution < 1.29 is 24.2 Å². The summed E-state index contributed by atoms with van der Waals surface area (Å²) in [6, 6.07) is 0. The number of carbonyl (C=O) groups excluding carboxylic acids is 2. The van der Waals surface area contributed by atoms with Crippen molar-refractivity contribution in [2.45, 2.75) is 251 Å². The van der Waals surface area contributed by atoms with Gasteiger partial charge in [0, 0.05) is 12.8 Å². The van der Waals surface area contributed by atoms with E-state index < -0.39 is 6.10 Å². The Bertz CT molecular complexity index is 1080. The van der Waals surface area contributed by atoms with Gasteiger partial charge in [-0.05, 0) is 83.5 Å². The fourth-order valence-corrected chi connectivity index (χ4v) is 7.17. The molecule has 1 atom stereocenters. The molecule has 60 heavy (non-hydrogen) atoms. The third kappa shape index (κ3) is 48.0. The third-order valence-corrected chi connectivity index (χ3v) is 11.0. The van der Waals surface area contributed by atoms with E-state index in [2.05, 4.69) is 86.8 Å². The highest BCUT2D eigenvalue weighted by molar-refractivity contribution is 5.70. The van der Waals surface area contributed by atoms with Gasteiger partial charge >= 0.3 is 11.9 Å². The number of aliphatic hydroxyl groups is 1. The van der Waals surface area contributed by atoms with Gasteiger partial charge in [0.2, 0.25) is 0 Å². The molecule has 0 aliphatic rings. The van der Waals surface area contributed by atoms with Crippen molar-refractivity contribution in [3.8, 4) is 0 Å². The monoisotopic (exact) mass is 837 g/mol. The minimum absolute atomic E-state index is 0.0702. The molecule has 1 unspecified atom stereocenters. The van der Waals surface area contributed by atoms with E-state index in [1.165, 1.54) is 148 Å². The maximum Gasteiger partial charge on any atom is 0.306 e. The van der Waals surface area contributed by atoms with Crippen LogP contribution in [0.3, 0.4) is 0 Å². The van der Waals surface area contributed by atoms with Crippen LogP contribution in [0, 0.1) is 0 Å². The van der Waals surface area contributed by atoms with Gasteiger partial charge in [0.05, 0.1) is 6.61 Å². The number of aliphatic hydroxyl groups excluding tert-OH is 1. The number of allylic oxidation sites excluding steroid dienone is 12. The van der Waals surface area contributed by atoms with Crippen LogP contribution in [0.4, 0.5) is 0 Å². The lowest BCUT2D eigenvalue weighted by Crippen LogP contribution is -2.28. The van der Waals surface area contributed by atoms with E-state index in [1.807, 2.05) is 0 Å². The summed E-state index contributed by atoms with van der Waals surface area (Å²) in [5.41, 5.74) is 0. The zero-order chi connectivity index (χ0) is 43.5. The van der Waals surface area contributed by atoms with Gasteiger partial charge in [-0.2, -0.15) is 0 Å². The normalized spacial score (nSPS) is 12.8. The van der Waals surface area contributed by atoms with Crippen LogP contribution in [0.2, 0.25) is 0 Å². The molecule has 0 radical (unpaired) electrons. The summed E-state index contributed by atoms with van der Waals surface area (Å²) in [6.45, 7) is 4.03. The molecule has 0 aromatic carbocycles. The van der Waals surface area contributed by atoms with Crippen LogP contribution in [-0.4, -0.2) is 36.4 Å². The van der Waals surface area contributed by atoms with Crippen molar-refractivity contribution in [3.63, 3.8) is 0 Å². The molecule has 0 amide bonds. The van der Waals surface area contributed by atoms with Crippen LogP contribution in [0.15, 0.2) is 72.9 Å². The molecule has 0 rings (SSSR count). The minimum Gasteiger partial charge on any atom is -0.462 e. The van der Waals surface area contributed by atoms with Crippen LogP contribution < -0.4 is 0 Å². The van der Waals surface area contributed by atoms with E-state index in [0.717, 1.165) is 70.6 Å². The number of carbonyl (C=O) groups is 2. The molecule has 0 bridgehead atoms. The van der Waals surface area contributed by atoms with E-state index in [0.29, 0.717) is 12.8 Å². The minimum atomic E-state index is -0.778.